The van der Waals surface area contributed by atoms with Gasteiger partial charge in [0.2, 0.25) is 0 Å². The van der Waals surface area contributed by atoms with E-state index in [1.165, 1.54) is 12.8 Å². The molecule has 114 valence electrons. The predicted molar refractivity (Wildman–Crippen MR) is 79.5 cm³/mol. The van der Waals surface area contributed by atoms with Gasteiger partial charge in [0.25, 0.3) is 5.91 Å². The lowest BCUT2D eigenvalue weighted by atomic mass is 9.99. The molecule has 1 saturated carbocycles. The van der Waals surface area contributed by atoms with Crippen LogP contribution in [0.25, 0.3) is 0 Å². The first-order valence-electron chi connectivity index (χ1n) is 7.29. The highest BCUT2D eigenvalue weighted by atomic mass is 32.2. The molecule has 0 aromatic carbocycles. The topological polar surface area (TPSA) is 84.2 Å². The Kier molecular flexibility index (Phi) is 3.93. The van der Waals surface area contributed by atoms with E-state index in [0.29, 0.717) is 23.9 Å². The Hall–Kier alpha value is -1.50. The highest BCUT2D eigenvalue weighted by Gasteiger charge is 2.43. The number of hydrogen-bond acceptors (Lipinski definition) is 4. The Morgan fingerprint density at radius 1 is 1.43 bits per heavy atom. The smallest absolute Gasteiger partial charge is 0.330 e. The van der Waals surface area contributed by atoms with Gasteiger partial charge >= 0.3 is 5.97 Å². The molecule has 7 heteroatoms. The molecule has 1 unspecified atom stereocenters. The molecule has 1 aliphatic heterocycles. The maximum atomic E-state index is 12.3. The van der Waals surface area contributed by atoms with E-state index in [1.54, 1.807) is 17.8 Å². The zero-order valence-corrected chi connectivity index (χ0v) is 12.6. The Labute approximate surface area is 127 Å². The van der Waals surface area contributed by atoms with E-state index in [-0.39, 0.29) is 0 Å². The third-order valence-electron chi connectivity index (χ3n) is 4.32. The number of amides is 1. The summed E-state index contributed by atoms with van der Waals surface area (Å²) in [5, 5.41) is 16.4. The van der Waals surface area contributed by atoms with Crippen LogP contribution in [0.1, 0.15) is 48.6 Å². The van der Waals surface area contributed by atoms with Gasteiger partial charge in [-0.3, -0.25) is 9.48 Å². The number of carbonyl (C=O) groups is 2. The zero-order valence-electron chi connectivity index (χ0n) is 11.7. The van der Waals surface area contributed by atoms with Crippen molar-refractivity contribution in [1.82, 2.24) is 15.1 Å². The normalized spacial score (nSPS) is 26.1. The van der Waals surface area contributed by atoms with E-state index in [2.05, 4.69) is 10.4 Å². The van der Waals surface area contributed by atoms with E-state index in [4.69, 9.17) is 0 Å². The minimum Gasteiger partial charge on any atom is -0.479 e. The predicted octanol–water partition coefficient (Wildman–Crippen LogP) is 1.69. The van der Waals surface area contributed by atoms with Crippen LogP contribution in [0.15, 0.2) is 12.3 Å². The molecule has 1 aromatic rings. The molecule has 2 heterocycles. The molecule has 2 fully saturated rings. The summed E-state index contributed by atoms with van der Waals surface area (Å²) in [6.07, 6.45) is 6.87. The highest BCUT2D eigenvalue weighted by molar-refractivity contribution is 7.99. The van der Waals surface area contributed by atoms with Gasteiger partial charge in [0.1, 0.15) is 11.2 Å². The first-order chi connectivity index (χ1) is 10.1. The van der Waals surface area contributed by atoms with Gasteiger partial charge < -0.3 is 10.4 Å². The second-order valence-electron chi connectivity index (χ2n) is 5.76. The molecule has 2 aliphatic rings. The number of carbonyl (C=O) groups excluding carboxylic acids is 1. The van der Waals surface area contributed by atoms with Crippen LogP contribution < -0.4 is 5.32 Å². The van der Waals surface area contributed by atoms with Gasteiger partial charge in [0.05, 0.1) is 6.04 Å². The largest absolute Gasteiger partial charge is 0.479 e. The molecule has 3 rings (SSSR count). The molecular formula is C14H19N3O3S. The van der Waals surface area contributed by atoms with Crippen LogP contribution in [0.5, 0.6) is 0 Å². The van der Waals surface area contributed by atoms with Crippen molar-refractivity contribution in [2.24, 2.45) is 0 Å². The first-order valence-corrected chi connectivity index (χ1v) is 8.45. The molecule has 1 aliphatic carbocycles. The van der Waals surface area contributed by atoms with Gasteiger partial charge in [0, 0.05) is 11.9 Å². The summed E-state index contributed by atoms with van der Waals surface area (Å²) in [5.74, 6) is -0.187. The number of nitrogens with zero attached hydrogens (tertiary/aromatic N) is 2. The summed E-state index contributed by atoms with van der Waals surface area (Å²) >= 11 is 1.55. The van der Waals surface area contributed by atoms with Crippen molar-refractivity contribution in [3.8, 4) is 0 Å². The lowest BCUT2D eigenvalue weighted by Crippen LogP contribution is -2.54. The maximum Gasteiger partial charge on any atom is 0.330 e. The van der Waals surface area contributed by atoms with Crippen molar-refractivity contribution in [2.45, 2.75) is 43.7 Å². The minimum atomic E-state index is -1.14. The number of rotatable bonds is 4. The Morgan fingerprint density at radius 3 is 2.81 bits per heavy atom. The van der Waals surface area contributed by atoms with Crippen LogP contribution in [-0.4, -0.2) is 43.8 Å². The second kappa shape index (κ2) is 5.71. The Bertz CT molecular complexity index is 545. The van der Waals surface area contributed by atoms with Crippen LogP contribution in [0.4, 0.5) is 0 Å². The van der Waals surface area contributed by atoms with Gasteiger partial charge in [-0.15, -0.1) is 0 Å². The molecule has 6 nitrogen and oxygen atoms in total. The van der Waals surface area contributed by atoms with Crippen molar-refractivity contribution >= 4 is 23.6 Å². The Balaban J connectivity index is 1.71. The average Bonchev–Trinajstić information content (AvgIpc) is 3.20. The molecule has 0 bridgehead atoms. The molecule has 21 heavy (non-hydrogen) atoms. The molecule has 0 radical (unpaired) electrons. The lowest BCUT2D eigenvalue weighted by molar-refractivity contribution is -0.143. The molecule has 2 N–H and O–H groups in total. The molecular weight excluding hydrogens is 290 g/mol. The molecule has 1 amide bonds. The fraction of sp³-hybridized carbons (Fsp3) is 0.643. The molecule has 1 aromatic heterocycles. The number of aliphatic carboxylic acids is 1. The van der Waals surface area contributed by atoms with Gasteiger partial charge in [-0.05, 0) is 31.1 Å². The van der Waals surface area contributed by atoms with Crippen molar-refractivity contribution in [3.05, 3.63) is 18.0 Å². The standard InChI is InChI=1S/C14H19N3O3S/c18-12(15-14(13(19)20)6-8-21-9-14)11-5-7-17(16-11)10-3-1-2-4-10/h5,7,10H,1-4,6,8-9H2,(H,15,18)(H,19,20). The van der Waals surface area contributed by atoms with E-state index >= 15 is 0 Å². The fourth-order valence-electron chi connectivity index (χ4n) is 3.00. The third kappa shape index (κ3) is 2.79. The quantitative estimate of drug-likeness (QED) is 0.884. The zero-order chi connectivity index (χ0) is 14.9. The maximum absolute atomic E-state index is 12.3. The van der Waals surface area contributed by atoms with E-state index in [0.717, 1.165) is 18.6 Å². The van der Waals surface area contributed by atoms with E-state index < -0.39 is 17.4 Å². The van der Waals surface area contributed by atoms with Crippen LogP contribution in [0, 0.1) is 0 Å². The van der Waals surface area contributed by atoms with Crippen molar-refractivity contribution < 1.29 is 14.7 Å². The Morgan fingerprint density at radius 2 is 2.19 bits per heavy atom. The van der Waals surface area contributed by atoms with Gasteiger partial charge in [-0.25, -0.2) is 4.79 Å². The van der Waals surface area contributed by atoms with Gasteiger partial charge in [-0.2, -0.15) is 16.9 Å². The molecule has 0 spiro atoms. The second-order valence-corrected chi connectivity index (χ2v) is 6.87. The van der Waals surface area contributed by atoms with E-state index in [1.807, 2.05) is 10.9 Å². The fourth-order valence-corrected chi connectivity index (χ4v) is 4.32. The first kappa shape index (κ1) is 14.4. The minimum absolute atomic E-state index is 0.305. The van der Waals surface area contributed by atoms with Crippen LogP contribution >= 0.6 is 11.8 Å². The number of nitrogens with one attached hydrogen (secondary N) is 1. The van der Waals surface area contributed by atoms with Crippen molar-refractivity contribution in [2.75, 3.05) is 11.5 Å². The van der Waals surface area contributed by atoms with Crippen LogP contribution in [-0.2, 0) is 4.79 Å². The number of carboxylic acid groups (broad SMARTS) is 1. The third-order valence-corrected chi connectivity index (χ3v) is 5.51. The number of aromatic nitrogens is 2. The van der Waals surface area contributed by atoms with E-state index in [9.17, 15) is 14.7 Å². The van der Waals surface area contributed by atoms with Gasteiger partial charge in [0.15, 0.2) is 0 Å². The summed E-state index contributed by atoms with van der Waals surface area (Å²) in [5.41, 5.74) is -0.835. The number of carboxylic acids is 1. The van der Waals surface area contributed by atoms with Crippen LogP contribution in [0.3, 0.4) is 0 Å². The average molecular weight is 309 g/mol. The summed E-state index contributed by atoms with van der Waals surface area (Å²) in [6, 6.07) is 2.05. The molecule has 1 saturated heterocycles. The molecule has 1 atom stereocenters. The summed E-state index contributed by atoms with van der Waals surface area (Å²) < 4.78 is 1.85. The van der Waals surface area contributed by atoms with Gasteiger partial charge in [-0.1, -0.05) is 12.8 Å². The summed E-state index contributed by atoms with van der Waals surface area (Å²) in [7, 11) is 0. The van der Waals surface area contributed by atoms with Crippen molar-refractivity contribution in [3.63, 3.8) is 0 Å². The number of hydrogen-bond donors (Lipinski definition) is 2. The monoisotopic (exact) mass is 309 g/mol. The summed E-state index contributed by atoms with van der Waals surface area (Å²) in [4.78, 5) is 23.7. The summed E-state index contributed by atoms with van der Waals surface area (Å²) in [6.45, 7) is 0. The lowest BCUT2D eigenvalue weighted by Gasteiger charge is -2.23. The SMILES string of the molecule is O=C(NC1(C(=O)O)CCSC1)c1ccn(C2CCCC2)n1. The van der Waals surface area contributed by atoms with Crippen LogP contribution in [0.2, 0.25) is 0 Å². The number of thioether (sulfide) groups is 1. The van der Waals surface area contributed by atoms with Crippen molar-refractivity contribution in [1.29, 1.82) is 0 Å². The highest BCUT2D eigenvalue weighted by Crippen LogP contribution is 2.30.